The van der Waals surface area contributed by atoms with Gasteiger partial charge in [0, 0.05) is 15.8 Å². The van der Waals surface area contributed by atoms with Gasteiger partial charge in [-0.15, -0.1) is 12.6 Å². The third-order valence-electron chi connectivity index (χ3n) is 4.22. The van der Waals surface area contributed by atoms with Gasteiger partial charge in [-0.3, -0.25) is 0 Å². The monoisotopic (exact) mass is 406 g/mol. The molecule has 0 radical (unpaired) electrons. The Bertz CT molecular complexity index is 813. The Balaban J connectivity index is 2.16. The fourth-order valence-electron chi connectivity index (χ4n) is 2.53. The molecule has 0 aliphatic carbocycles. The number of hydrogen-bond donors (Lipinski definition) is 3. The summed E-state index contributed by atoms with van der Waals surface area (Å²) in [5, 5.41) is 17.9. The van der Waals surface area contributed by atoms with Crippen molar-refractivity contribution < 1.29 is 19.7 Å². The first kappa shape index (κ1) is 21.1. The second-order valence-corrected chi connectivity index (χ2v) is 7.15. The average molecular weight is 407 g/mol. The number of rotatable bonds is 8. The third kappa shape index (κ3) is 5.62. The lowest BCUT2D eigenvalue weighted by atomic mass is 9.78. The first-order chi connectivity index (χ1) is 12.9. The lowest BCUT2D eigenvalue weighted by molar-refractivity contribution is 0.255. The van der Waals surface area contributed by atoms with E-state index in [0.717, 1.165) is 16.0 Å². The summed E-state index contributed by atoms with van der Waals surface area (Å²) in [6.07, 6.45) is 2.33. The van der Waals surface area contributed by atoms with Crippen molar-refractivity contribution in [2.45, 2.75) is 24.2 Å². The first-order valence-corrected chi connectivity index (χ1v) is 9.24. The normalized spacial score (nSPS) is 12.4. The number of aliphatic hydroxyl groups excluding tert-OH is 2. The molecule has 0 atom stereocenters. The third-order valence-corrected chi connectivity index (χ3v) is 4.74. The Hall–Kier alpha value is -2.24. The molecule has 144 valence electrons. The molecule has 0 aliphatic heterocycles. The fraction of sp³-hybridized carbons (Fsp3) is 0.238. The molecular formula is C21H23ClO4S. The number of hydrogen-bond acceptors (Lipinski definition) is 5. The fourth-order valence-corrected chi connectivity index (χ4v) is 2.88. The molecule has 6 heteroatoms. The summed E-state index contributed by atoms with van der Waals surface area (Å²) in [5.74, 6) is 1.08. The van der Waals surface area contributed by atoms with Crippen LogP contribution in [0.3, 0.4) is 0 Å². The van der Waals surface area contributed by atoms with Crippen LogP contribution in [-0.4, -0.2) is 23.4 Å². The zero-order valence-electron chi connectivity index (χ0n) is 15.2. The van der Waals surface area contributed by atoms with Crippen LogP contribution in [0.1, 0.15) is 25.0 Å². The van der Waals surface area contributed by atoms with Crippen molar-refractivity contribution in [3.8, 4) is 11.5 Å². The molecule has 2 aromatic rings. The number of ether oxygens (including phenoxy) is 2. The van der Waals surface area contributed by atoms with E-state index in [1.54, 1.807) is 6.08 Å². The number of halogens is 1. The highest BCUT2D eigenvalue weighted by Gasteiger charge is 2.24. The van der Waals surface area contributed by atoms with Crippen molar-refractivity contribution in [3.63, 3.8) is 0 Å². The molecule has 0 amide bonds. The van der Waals surface area contributed by atoms with Crippen LogP contribution in [0.25, 0.3) is 0 Å². The quantitative estimate of drug-likeness (QED) is 0.385. The van der Waals surface area contributed by atoms with Gasteiger partial charge in [0.15, 0.2) is 5.76 Å². The van der Waals surface area contributed by atoms with Gasteiger partial charge in [0.2, 0.25) is 0 Å². The highest BCUT2D eigenvalue weighted by molar-refractivity contribution is 7.80. The van der Waals surface area contributed by atoms with E-state index < -0.39 is 0 Å². The predicted octanol–water partition coefficient (Wildman–Crippen LogP) is 5.77. The van der Waals surface area contributed by atoms with Gasteiger partial charge in [-0.1, -0.05) is 43.6 Å². The van der Waals surface area contributed by atoms with E-state index in [4.69, 9.17) is 26.2 Å². The molecule has 0 heterocycles. The van der Waals surface area contributed by atoms with Crippen LogP contribution in [0, 0.1) is 0 Å². The Kier molecular flexibility index (Phi) is 7.51. The minimum absolute atomic E-state index is 0.0807. The van der Waals surface area contributed by atoms with Crippen LogP contribution in [-0.2, 0) is 5.41 Å². The summed E-state index contributed by atoms with van der Waals surface area (Å²) in [6, 6.07) is 13.5. The summed E-state index contributed by atoms with van der Waals surface area (Å²) < 4.78 is 11.0. The van der Waals surface area contributed by atoms with Gasteiger partial charge < -0.3 is 19.7 Å². The second kappa shape index (κ2) is 9.62. The Morgan fingerprint density at radius 2 is 1.78 bits per heavy atom. The van der Waals surface area contributed by atoms with Crippen LogP contribution in [0.15, 0.2) is 71.0 Å². The lowest BCUT2D eigenvalue weighted by Crippen LogP contribution is -2.19. The van der Waals surface area contributed by atoms with Gasteiger partial charge in [0.05, 0.1) is 0 Å². The molecule has 0 saturated heterocycles. The molecule has 4 nitrogen and oxygen atoms in total. The zero-order chi connectivity index (χ0) is 19.9. The summed E-state index contributed by atoms with van der Waals surface area (Å²) in [7, 11) is 0. The second-order valence-electron chi connectivity index (χ2n) is 6.41. The van der Waals surface area contributed by atoms with E-state index in [9.17, 15) is 5.11 Å². The molecule has 0 fully saturated rings. The Morgan fingerprint density at radius 1 is 1.11 bits per heavy atom. The Labute approximate surface area is 170 Å². The van der Waals surface area contributed by atoms with Crippen LogP contribution in [0.2, 0.25) is 0 Å². The molecular weight excluding hydrogens is 384 g/mol. The number of benzene rings is 2. The first-order valence-electron chi connectivity index (χ1n) is 8.35. The molecule has 27 heavy (non-hydrogen) atoms. The minimum Gasteiger partial charge on any atom is -0.512 e. The van der Waals surface area contributed by atoms with Gasteiger partial charge in [-0.2, -0.15) is 0 Å². The van der Waals surface area contributed by atoms with Gasteiger partial charge in [-0.05, 0) is 41.5 Å². The van der Waals surface area contributed by atoms with Gasteiger partial charge in [0.1, 0.15) is 31.0 Å². The highest BCUT2D eigenvalue weighted by Crippen LogP contribution is 2.35. The largest absolute Gasteiger partial charge is 0.512 e. The maximum absolute atomic E-state index is 9.23. The van der Waals surface area contributed by atoms with E-state index in [1.165, 1.54) is 5.54 Å². The topological polar surface area (TPSA) is 58.9 Å². The van der Waals surface area contributed by atoms with Gasteiger partial charge >= 0.3 is 0 Å². The molecule has 0 unspecified atom stereocenters. The summed E-state index contributed by atoms with van der Waals surface area (Å²) >= 11 is 10.0. The molecule has 0 spiro atoms. The van der Waals surface area contributed by atoms with Crippen molar-refractivity contribution in [2.75, 3.05) is 13.2 Å². The molecule has 2 N–H and O–H groups in total. The highest BCUT2D eigenvalue weighted by atomic mass is 35.5. The van der Waals surface area contributed by atoms with Crippen LogP contribution in [0.5, 0.6) is 11.5 Å². The van der Waals surface area contributed by atoms with E-state index in [-0.39, 0.29) is 17.8 Å². The maximum atomic E-state index is 9.23. The van der Waals surface area contributed by atoms with Gasteiger partial charge in [-0.25, -0.2) is 0 Å². The van der Waals surface area contributed by atoms with E-state index in [2.05, 4.69) is 26.5 Å². The van der Waals surface area contributed by atoms with Crippen molar-refractivity contribution >= 4 is 24.2 Å². The van der Waals surface area contributed by atoms with E-state index >= 15 is 0 Å². The molecule has 2 rings (SSSR count). The molecule has 0 aromatic heterocycles. The zero-order valence-corrected chi connectivity index (χ0v) is 16.9. The van der Waals surface area contributed by atoms with Crippen molar-refractivity contribution in [1.82, 2.24) is 0 Å². The van der Waals surface area contributed by atoms with E-state index in [1.807, 2.05) is 42.5 Å². The standard InChI is InChI=1S/C21H23ClO4S/c1-21(2,15-4-7-18(8-5-15)26-14-17(24)13-23)16-6-9-19(20(27)12-16)25-11-3-10-22/h3-10,12-13,23-24,27H,11,14H2,1-2H3/b10-3+,17-13-. The summed E-state index contributed by atoms with van der Waals surface area (Å²) in [5.41, 5.74) is 3.37. The molecule has 0 aliphatic rings. The van der Waals surface area contributed by atoms with E-state index in [0.29, 0.717) is 24.4 Å². The lowest BCUT2D eigenvalue weighted by Gasteiger charge is -2.27. The number of aliphatic hydroxyl groups is 2. The van der Waals surface area contributed by atoms with Crippen LogP contribution in [0.4, 0.5) is 0 Å². The maximum Gasteiger partial charge on any atom is 0.164 e. The van der Waals surface area contributed by atoms with Crippen molar-refractivity contribution in [3.05, 3.63) is 77.2 Å². The summed E-state index contributed by atoms with van der Waals surface area (Å²) in [4.78, 5) is 0.759. The van der Waals surface area contributed by atoms with Gasteiger partial charge in [0.25, 0.3) is 0 Å². The molecule has 0 bridgehead atoms. The predicted molar refractivity (Wildman–Crippen MR) is 112 cm³/mol. The smallest absolute Gasteiger partial charge is 0.164 e. The minimum atomic E-state index is -0.252. The molecule has 2 aromatic carbocycles. The van der Waals surface area contributed by atoms with Crippen molar-refractivity contribution in [2.24, 2.45) is 0 Å². The van der Waals surface area contributed by atoms with Crippen LogP contribution < -0.4 is 9.47 Å². The number of thiol groups is 1. The SMILES string of the molecule is CC(C)(c1ccc(OC/C(O)=C/O)cc1)c1ccc(OC/C=C/Cl)c(S)c1. The Morgan fingerprint density at radius 3 is 2.37 bits per heavy atom. The summed E-state index contributed by atoms with van der Waals surface area (Å²) in [6.45, 7) is 4.57. The van der Waals surface area contributed by atoms with Crippen molar-refractivity contribution in [1.29, 1.82) is 0 Å². The van der Waals surface area contributed by atoms with Crippen LogP contribution >= 0.6 is 24.2 Å². The molecule has 0 saturated carbocycles. The average Bonchev–Trinajstić information content (AvgIpc) is 2.67.